The molecule has 0 atom stereocenters. The molecule has 4 aromatic rings. The van der Waals surface area contributed by atoms with E-state index in [0.717, 1.165) is 21.9 Å². The van der Waals surface area contributed by atoms with Crippen molar-refractivity contribution in [2.24, 2.45) is 0 Å². The van der Waals surface area contributed by atoms with Gasteiger partial charge in [-0.1, -0.05) is 12.1 Å². The first-order valence-corrected chi connectivity index (χ1v) is 7.89. The van der Waals surface area contributed by atoms with Gasteiger partial charge >= 0.3 is 0 Å². The Kier molecular flexibility index (Phi) is 3.78. The van der Waals surface area contributed by atoms with Crippen LogP contribution in [0.25, 0.3) is 21.9 Å². The Labute approximate surface area is 143 Å². The smallest absolute Gasteiger partial charge is 0.252 e. The first kappa shape index (κ1) is 15.1. The number of hydrogen-bond acceptors (Lipinski definition) is 4. The van der Waals surface area contributed by atoms with Crippen LogP contribution >= 0.6 is 0 Å². The Balaban J connectivity index is 1.59. The third-order valence-electron chi connectivity index (χ3n) is 4.05. The largest absolute Gasteiger partial charge is 0.497 e. The van der Waals surface area contributed by atoms with Crippen LogP contribution in [-0.2, 0) is 6.54 Å². The van der Waals surface area contributed by atoms with Crippen LogP contribution in [0.4, 0.5) is 0 Å². The van der Waals surface area contributed by atoms with Gasteiger partial charge in [-0.25, -0.2) is 4.98 Å². The summed E-state index contributed by atoms with van der Waals surface area (Å²) in [4.78, 5) is 24.6. The first-order valence-electron chi connectivity index (χ1n) is 7.89. The number of amides is 1. The van der Waals surface area contributed by atoms with E-state index < -0.39 is 0 Å². The molecule has 0 saturated heterocycles. The van der Waals surface area contributed by atoms with Gasteiger partial charge in [0.1, 0.15) is 11.6 Å². The predicted octanol–water partition coefficient (Wildman–Crippen LogP) is 3.05. The second kappa shape index (κ2) is 6.24. The van der Waals surface area contributed by atoms with Gasteiger partial charge in [-0.05, 0) is 36.4 Å². The van der Waals surface area contributed by atoms with Gasteiger partial charge in [0.2, 0.25) is 0 Å². The highest BCUT2D eigenvalue weighted by Gasteiger charge is 2.12. The van der Waals surface area contributed by atoms with E-state index >= 15 is 0 Å². The molecule has 0 aliphatic heterocycles. The number of nitrogens with one attached hydrogen (secondary N) is 2. The summed E-state index contributed by atoms with van der Waals surface area (Å²) >= 11 is 0. The number of nitrogens with zero attached hydrogens (tertiary/aromatic N) is 2. The Morgan fingerprint density at radius 2 is 2.04 bits per heavy atom. The maximum absolute atomic E-state index is 12.6. The quantitative estimate of drug-likeness (QED) is 0.602. The first-order chi connectivity index (χ1) is 12.2. The van der Waals surface area contributed by atoms with Gasteiger partial charge in [-0.2, -0.15) is 0 Å². The molecular formula is C19H16N4O2. The molecule has 0 saturated carbocycles. The molecule has 0 bridgehead atoms. The zero-order chi connectivity index (χ0) is 17.2. The number of aromatic amines is 1. The molecule has 0 fully saturated rings. The molecule has 0 aliphatic rings. The second-order valence-corrected chi connectivity index (χ2v) is 5.62. The monoisotopic (exact) mass is 332 g/mol. The van der Waals surface area contributed by atoms with Gasteiger partial charge in [0, 0.05) is 11.6 Å². The molecule has 2 aromatic carbocycles. The van der Waals surface area contributed by atoms with Crippen LogP contribution in [0.15, 0.2) is 54.7 Å². The highest BCUT2D eigenvalue weighted by atomic mass is 16.5. The summed E-state index contributed by atoms with van der Waals surface area (Å²) in [5.74, 6) is 1.22. The van der Waals surface area contributed by atoms with Crippen molar-refractivity contribution in [1.82, 2.24) is 20.3 Å². The van der Waals surface area contributed by atoms with Gasteiger partial charge in [0.05, 0.1) is 35.8 Å². The maximum atomic E-state index is 12.6. The van der Waals surface area contributed by atoms with E-state index in [1.54, 1.807) is 19.4 Å². The van der Waals surface area contributed by atoms with Crippen molar-refractivity contribution < 1.29 is 9.53 Å². The minimum absolute atomic E-state index is 0.180. The van der Waals surface area contributed by atoms with Crippen molar-refractivity contribution in [3.05, 3.63) is 66.1 Å². The van der Waals surface area contributed by atoms with Crippen LogP contribution in [0, 0.1) is 0 Å². The van der Waals surface area contributed by atoms with E-state index in [4.69, 9.17) is 4.74 Å². The molecule has 1 amide bonds. The molecule has 6 heteroatoms. The lowest BCUT2D eigenvalue weighted by Crippen LogP contribution is -2.23. The topological polar surface area (TPSA) is 79.9 Å². The minimum Gasteiger partial charge on any atom is -0.497 e. The summed E-state index contributed by atoms with van der Waals surface area (Å²) in [5.41, 5.74) is 3.13. The fourth-order valence-electron chi connectivity index (χ4n) is 2.80. The number of rotatable bonds is 4. The standard InChI is InChI=1S/C19H16N4O2/c1-25-12-6-7-15-14(10-12)13(8-9-20-15)19(24)21-11-18-22-16-4-2-3-5-17(16)23-18/h2-10H,11H2,1H3,(H,21,24)(H,22,23). The third kappa shape index (κ3) is 2.89. The molecule has 2 heterocycles. The Hall–Kier alpha value is -3.41. The molecule has 2 N–H and O–H groups in total. The molecule has 0 unspecified atom stereocenters. The van der Waals surface area contributed by atoms with E-state index in [0.29, 0.717) is 23.7 Å². The number of pyridine rings is 1. The summed E-state index contributed by atoms with van der Waals surface area (Å²) < 4.78 is 5.25. The molecule has 0 spiro atoms. The number of carbonyl (C=O) groups is 1. The summed E-state index contributed by atoms with van der Waals surface area (Å²) in [6, 6.07) is 14.9. The molecule has 124 valence electrons. The van der Waals surface area contributed by atoms with E-state index in [2.05, 4.69) is 20.3 Å². The number of imidazole rings is 1. The summed E-state index contributed by atoms with van der Waals surface area (Å²) in [7, 11) is 1.60. The highest BCUT2D eigenvalue weighted by molar-refractivity contribution is 6.06. The normalized spacial score (nSPS) is 10.9. The van der Waals surface area contributed by atoms with Crippen molar-refractivity contribution in [2.75, 3.05) is 7.11 Å². The number of ether oxygens (including phenoxy) is 1. The lowest BCUT2D eigenvalue weighted by Gasteiger charge is -2.08. The third-order valence-corrected chi connectivity index (χ3v) is 4.05. The average molecular weight is 332 g/mol. The molecule has 25 heavy (non-hydrogen) atoms. The van der Waals surface area contributed by atoms with Crippen molar-refractivity contribution in [3.8, 4) is 5.75 Å². The summed E-state index contributed by atoms with van der Waals surface area (Å²) in [6.45, 7) is 0.321. The lowest BCUT2D eigenvalue weighted by molar-refractivity contribution is 0.0951. The molecule has 4 rings (SSSR count). The average Bonchev–Trinajstić information content (AvgIpc) is 3.08. The molecule has 0 radical (unpaired) electrons. The van der Waals surface area contributed by atoms with Gasteiger partial charge in [0.15, 0.2) is 0 Å². The molecular weight excluding hydrogens is 316 g/mol. The van der Waals surface area contributed by atoms with Crippen LogP contribution in [0.3, 0.4) is 0 Å². The molecule has 2 aromatic heterocycles. The van der Waals surface area contributed by atoms with E-state index in [1.807, 2.05) is 42.5 Å². The number of fused-ring (bicyclic) bond motifs is 2. The van der Waals surface area contributed by atoms with Crippen molar-refractivity contribution in [3.63, 3.8) is 0 Å². The predicted molar refractivity (Wildman–Crippen MR) is 95.6 cm³/mol. The SMILES string of the molecule is COc1ccc2nccc(C(=O)NCc3nc4ccccc4[nH]3)c2c1. The highest BCUT2D eigenvalue weighted by Crippen LogP contribution is 2.22. The number of aromatic nitrogens is 3. The zero-order valence-electron chi connectivity index (χ0n) is 13.6. The zero-order valence-corrected chi connectivity index (χ0v) is 13.6. The maximum Gasteiger partial charge on any atom is 0.252 e. The van der Waals surface area contributed by atoms with Gasteiger partial charge < -0.3 is 15.0 Å². The summed E-state index contributed by atoms with van der Waals surface area (Å²) in [6.07, 6.45) is 1.63. The second-order valence-electron chi connectivity index (χ2n) is 5.62. The minimum atomic E-state index is -0.180. The van der Waals surface area contributed by atoms with E-state index in [1.165, 1.54) is 0 Å². The Morgan fingerprint density at radius 1 is 1.16 bits per heavy atom. The number of carbonyl (C=O) groups excluding carboxylic acids is 1. The van der Waals surface area contributed by atoms with Gasteiger partial charge in [-0.15, -0.1) is 0 Å². The van der Waals surface area contributed by atoms with Gasteiger partial charge in [-0.3, -0.25) is 9.78 Å². The van der Waals surface area contributed by atoms with Gasteiger partial charge in [0.25, 0.3) is 5.91 Å². The number of benzene rings is 2. The Morgan fingerprint density at radius 3 is 2.88 bits per heavy atom. The summed E-state index contributed by atoms with van der Waals surface area (Å²) in [5, 5.41) is 3.66. The fourth-order valence-corrected chi connectivity index (χ4v) is 2.80. The van der Waals surface area contributed by atoms with Crippen LogP contribution in [0.2, 0.25) is 0 Å². The number of para-hydroxylation sites is 2. The molecule has 6 nitrogen and oxygen atoms in total. The van der Waals surface area contributed by atoms with Crippen LogP contribution in [0.1, 0.15) is 16.2 Å². The number of H-pyrrole nitrogens is 1. The van der Waals surface area contributed by atoms with E-state index in [9.17, 15) is 4.79 Å². The van der Waals surface area contributed by atoms with Crippen molar-refractivity contribution in [2.45, 2.75) is 6.54 Å². The number of hydrogen-bond donors (Lipinski definition) is 2. The van der Waals surface area contributed by atoms with Crippen molar-refractivity contribution >= 4 is 27.8 Å². The molecule has 0 aliphatic carbocycles. The number of methoxy groups -OCH3 is 1. The lowest BCUT2D eigenvalue weighted by atomic mass is 10.1. The Bertz CT molecular complexity index is 1040. The van der Waals surface area contributed by atoms with E-state index in [-0.39, 0.29) is 5.91 Å². The van der Waals surface area contributed by atoms with Crippen LogP contribution in [0.5, 0.6) is 5.75 Å². The fraction of sp³-hybridized carbons (Fsp3) is 0.105. The van der Waals surface area contributed by atoms with Crippen molar-refractivity contribution in [1.29, 1.82) is 0 Å². The van der Waals surface area contributed by atoms with Crippen LogP contribution < -0.4 is 10.1 Å². The van der Waals surface area contributed by atoms with Crippen LogP contribution in [-0.4, -0.2) is 28.0 Å².